The molecular formula is C18H22O2. The van der Waals surface area contributed by atoms with Gasteiger partial charge >= 0.3 is 0 Å². The molecule has 0 amide bonds. The van der Waals surface area contributed by atoms with Gasteiger partial charge in [-0.2, -0.15) is 0 Å². The maximum Gasteiger partial charge on any atom is 0.133 e. The fourth-order valence-electron chi connectivity index (χ4n) is 2.29. The van der Waals surface area contributed by atoms with Gasteiger partial charge in [-0.15, -0.1) is 0 Å². The SMILES string of the molecule is CC[C@H](O)c1ccccc1Oc1cc(C)cc(C)c1C. The fourth-order valence-corrected chi connectivity index (χ4v) is 2.29. The summed E-state index contributed by atoms with van der Waals surface area (Å²) in [5.74, 6) is 1.59. The lowest BCUT2D eigenvalue weighted by atomic mass is 10.0. The lowest BCUT2D eigenvalue weighted by Gasteiger charge is -2.17. The minimum Gasteiger partial charge on any atom is -0.457 e. The predicted molar refractivity (Wildman–Crippen MR) is 82.4 cm³/mol. The number of rotatable bonds is 4. The molecule has 0 bridgehead atoms. The van der Waals surface area contributed by atoms with Gasteiger partial charge in [0.15, 0.2) is 0 Å². The first-order valence-corrected chi connectivity index (χ1v) is 7.05. The van der Waals surface area contributed by atoms with Gasteiger partial charge < -0.3 is 9.84 Å². The summed E-state index contributed by atoms with van der Waals surface area (Å²) < 4.78 is 6.06. The first-order valence-electron chi connectivity index (χ1n) is 7.05. The van der Waals surface area contributed by atoms with Crippen LogP contribution in [0.15, 0.2) is 36.4 Å². The quantitative estimate of drug-likeness (QED) is 0.860. The molecule has 1 N–H and O–H groups in total. The maximum atomic E-state index is 10.1. The molecule has 2 nitrogen and oxygen atoms in total. The van der Waals surface area contributed by atoms with Crippen LogP contribution in [0.1, 0.15) is 41.7 Å². The van der Waals surface area contributed by atoms with Crippen LogP contribution in [0, 0.1) is 20.8 Å². The average molecular weight is 270 g/mol. The highest BCUT2D eigenvalue weighted by atomic mass is 16.5. The Morgan fingerprint density at radius 3 is 2.45 bits per heavy atom. The summed E-state index contributed by atoms with van der Waals surface area (Å²) in [7, 11) is 0. The van der Waals surface area contributed by atoms with Gasteiger partial charge in [-0.1, -0.05) is 31.2 Å². The van der Waals surface area contributed by atoms with Gasteiger partial charge in [0, 0.05) is 5.56 Å². The van der Waals surface area contributed by atoms with E-state index in [1.165, 1.54) is 11.1 Å². The van der Waals surface area contributed by atoms with Gasteiger partial charge in [0.25, 0.3) is 0 Å². The Morgan fingerprint density at radius 2 is 1.75 bits per heavy atom. The Kier molecular flexibility index (Phi) is 4.46. The molecule has 2 aromatic rings. The summed E-state index contributed by atoms with van der Waals surface area (Å²) in [6.45, 7) is 8.17. The van der Waals surface area contributed by atoms with E-state index in [2.05, 4.69) is 26.8 Å². The molecule has 2 aromatic carbocycles. The summed E-state index contributed by atoms with van der Waals surface area (Å²) in [5, 5.41) is 10.1. The molecule has 0 aliphatic carbocycles. The molecule has 0 fully saturated rings. The van der Waals surface area contributed by atoms with E-state index < -0.39 is 6.10 Å². The Labute approximate surface area is 121 Å². The molecule has 0 aliphatic rings. The van der Waals surface area contributed by atoms with Crippen molar-refractivity contribution in [1.29, 1.82) is 0 Å². The van der Waals surface area contributed by atoms with Gasteiger partial charge in [0.05, 0.1) is 6.10 Å². The fraction of sp³-hybridized carbons (Fsp3) is 0.333. The second kappa shape index (κ2) is 6.10. The molecule has 2 heteroatoms. The number of para-hydroxylation sites is 1. The number of benzene rings is 2. The van der Waals surface area contributed by atoms with Crippen molar-refractivity contribution in [3.63, 3.8) is 0 Å². The summed E-state index contributed by atoms with van der Waals surface area (Å²) >= 11 is 0. The van der Waals surface area contributed by atoms with Gasteiger partial charge in [-0.25, -0.2) is 0 Å². The normalized spacial score (nSPS) is 12.2. The van der Waals surface area contributed by atoms with Gasteiger partial charge in [-0.05, 0) is 56.0 Å². The van der Waals surface area contributed by atoms with Crippen molar-refractivity contribution in [1.82, 2.24) is 0 Å². The van der Waals surface area contributed by atoms with Crippen molar-refractivity contribution >= 4 is 0 Å². The summed E-state index contributed by atoms with van der Waals surface area (Å²) in [5.41, 5.74) is 4.37. The topological polar surface area (TPSA) is 29.5 Å². The van der Waals surface area contributed by atoms with Crippen molar-refractivity contribution in [2.45, 2.75) is 40.2 Å². The zero-order valence-corrected chi connectivity index (χ0v) is 12.6. The van der Waals surface area contributed by atoms with Crippen molar-refractivity contribution in [2.24, 2.45) is 0 Å². The maximum absolute atomic E-state index is 10.1. The van der Waals surface area contributed by atoms with Crippen LogP contribution >= 0.6 is 0 Å². The van der Waals surface area contributed by atoms with Crippen LogP contribution in [0.25, 0.3) is 0 Å². The number of ether oxygens (including phenoxy) is 1. The summed E-state index contributed by atoms with van der Waals surface area (Å²) in [6, 6.07) is 11.9. The van der Waals surface area contributed by atoms with Crippen LogP contribution in [0.3, 0.4) is 0 Å². The van der Waals surface area contributed by atoms with E-state index in [9.17, 15) is 5.11 Å². The minimum atomic E-state index is -0.489. The second-order valence-corrected chi connectivity index (χ2v) is 5.27. The van der Waals surface area contributed by atoms with Crippen LogP contribution < -0.4 is 4.74 Å². The number of aliphatic hydroxyl groups excluding tert-OH is 1. The Morgan fingerprint density at radius 1 is 1.05 bits per heavy atom. The molecule has 2 rings (SSSR count). The van der Waals surface area contributed by atoms with Crippen LogP contribution in [-0.4, -0.2) is 5.11 Å². The van der Waals surface area contributed by atoms with Crippen LogP contribution in [0.5, 0.6) is 11.5 Å². The number of hydrogen-bond donors (Lipinski definition) is 1. The zero-order valence-electron chi connectivity index (χ0n) is 12.6. The summed E-state index contributed by atoms with van der Waals surface area (Å²) in [6.07, 6.45) is 0.184. The molecule has 106 valence electrons. The highest BCUT2D eigenvalue weighted by Gasteiger charge is 2.13. The van der Waals surface area contributed by atoms with E-state index in [0.29, 0.717) is 6.42 Å². The molecule has 0 aromatic heterocycles. The Balaban J connectivity index is 2.40. The molecule has 0 unspecified atom stereocenters. The van der Waals surface area contributed by atoms with E-state index in [1.54, 1.807) is 0 Å². The van der Waals surface area contributed by atoms with Crippen molar-refractivity contribution in [2.75, 3.05) is 0 Å². The average Bonchev–Trinajstić information content (AvgIpc) is 2.44. The molecule has 0 saturated heterocycles. The molecule has 20 heavy (non-hydrogen) atoms. The first-order chi connectivity index (χ1) is 9.52. The van der Waals surface area contributed by atoms with E-state index in [-0.39, 0.29) is 0 Å². The monoisotopic (exact) mass is 270 g/mol. The third kappa shape index (κ3) is 3.02. The molecular weight excluding hydrogens is 248 g/mol. The van der Waals surface area contributed by atoms with Crippen LogP contribution in [0.4, 0.5) is 0 Å². The van der Waals surface area contributed by atoms with Crippen molar-refractivity contribution in [3.8, 4) is 11.5 Å². The van der Waals surface area contributed by atoms with E-state index in [0.717, 1.165) is 22.6 Å². The molecule has 0 aliphatic heterocycles. The van der Waals surface area contributed by atoms with E-state index >= 15 is 0 Å². The summed E-state index contributed by atoms with van der Waals surface area (Å²) in [4.78, 5) is 0. The number of aliphatic hydroxyl groups is 1. The minimum absolute atomic E-state index is 0.489. The number of aryl methyl sites for hydroxylation is 2. The van der Waals surface area contributed by atoms with Crippen LogP contribution in [-0.2, 0) is 0 Å². The predicted octanol–water partition coefficient (Wildman–Crippen LogP) is 4.85. The first kappa shape index (κ1) is 14.6. The van der Waals surface area contributed by atoms with Crippen LogP contribution in [0.2, 0.25) is 0 Å². The lowest BCUT2D eigenvalue weighted by Crippen LogP contribution is -2.00. The van der Waals surface area contributed by atoms with E-state index in [4.69, 9.17) is 4.74 Å². The highest BCUT2D eigenvalue weighted by molar-refractivity contribution is 5.46. The van der Waals surface area contributed by atoms with Crippen molar-refractivity contribution in [3.05, 3.63) is 58.7 Å². The van der Waals surface area contributed by atoms with Gasteiger partial charge in [-0.3, -0.25) is 0 Å². The third-order valence-corrected chi connectivity index (χ3v) is 3.65. The Hall–Kier alpha value is -1.80. The highest BCUT2D eigenvalue weighted by Crippen LogP contribution is 2.33. The third-order valence-electron chi connectivity index (χ3n) is 3.65. The van der Waals surface area contributed by atoms with Crippen molar-refractivity contribution < 1.29 is 9.84 Å². The molecule has 0 radical (unpaired) electrons. The smallest absolute Gasteiger partial charge is 0.133 e. The Bertz CT molecular complexity index is 602. The largest absolute Gasteiger partial charge is 0.457 e. The molecule has 0 heterocycles. The standard InChI is InChI=1S/C18H22O2/c1-5-16(19)15-8-6-7-9-17(15)20-18-11-12(2)10-13(3)14(18)4/h6-11,16,19H,5H2,1-4H3/t16-/m0/s1. The number of hydrogen-bond acceptors (Lipinski definition) is 2. The van der Waals surface area contributed by atoms with E-state index in [1.807, 2.05) is 37.3 Å². The lowest BCUT2D eigenvalue weighted by molar-refractivity contribution is 0.170. The molecule has 0 saturated carbocycles. The molecule has 0 spiro atoms. The van der Waals surface area contributed by atoms with Gasteiger partial charge in [0.2, 0.25) is 0 Å². The van der Waals surface area contributed by atoms with Gasteiger partial charge in [0.1, 0.15) is 11.5 Å². The second-order valence-electron chi connectivity index (χ2n) is 5.27. The zero-order chi connectivity index (χ0) is 14.7. The molecule has 1 atom stereocenters.